The van der Waals surface area contributed by atoms with E-state index in [1.165, 1.54) is 19.3 Å². The SMILES string of the molecule is COc1ccccc1-c1nc2sc(C3CCC3)nn2c1C#N. The summed E-state index contributed by atoms with van der Waals surface area (Å²) < 4.78 is 7.07. The van der Waals surface area contributed by atoms with Crippen LogP contribution >= 0.6 is 11.3 Å². The molecule has 0 spiro atoms. The molecule has 0 amide bonds. The fraction of sp³-hybridized carbons (Fsp3) is 0.312. The van der Waals surface area contributed by atoms with Crippen molar-refractivity contribution in [2.24, 2.45) is 0 Å². The summed E-state index contributed by atoms with van der Waals surface area (Å²) >= 11 is 1.59. The molecule has 1 aliphatic rings. The third kappa shape index (κ3) is 1.90. The normalized spacial score (nSPS) is 14.7. The first kappa shape index (κ1) is 13.3. The Labute approximate surface area is 131 Å². The zero-order valence-electron chi connectivity index (χ0n) is 12.1. The second-order valence-electron chi connectivity index (χ2n) is 5.38. The van der Waals surface area contributed by atoms with Crippen molar-refractivity contribution in [2.45, 2.75) is 25.2 Å². The molecule has 6 heteroatoms. The number of rotatable bonds is 3. The number of para-hydroxylation sites is 1. The largest absolute Gasteiger partial charge is 0.496 e. The molecule has 0 N–H and O–H groups in total. The van der Waals surface area contributed by atoms with Crippen LogP contribution in [0, 0.1) is 11.3 Å². The van der Waals surface area contributed by atoms with Gasteiger partial charge in [0.15, 0.2) is 5.69 Å². The van der Waals surface area contributed by atoms with E-state index in [4.69, 9.17) is 4.74 Å². The van der Waals surface area contributed by atoms with Gasteiger partial charge in [-0.2, -0.15) is 14.9 Å². The lowest BCUT2D eigenvalue weighted by molar-refractivity contribution is 0.415. The Bertz CT molecular complexity index is 885. The van der Waals surface area contributed by atoms with Gasteiger partial charge in [-0.25, -0.2) is 4.98 Å². The second-order valence-corrected chi connectivity index (χ2v) is 6.37. The van der Waals surface area contributed by atoms with Crippen LogP contribution in [-0.2, 0) is 0 Å². The number of ether oxygens (including phenoxy) is 1. The topological polar surface area (TPSA) is 63.2 Å². The highest BCUT2D eigenvalue weighted by Gasteiger charge is 2.26. The number of benzene rings is 1. The van der Waals surface area contributed by atoms with Gasteiger partial charge in [-0.1, -0.05) is 29.9 Å². The third-order valence-electron chi connectivity index (χ3n) is 4.14. The highest BCUT2D eigenvalue weighted by Crippen LogP contribution is 2.40. The first-order valence-electron chi connectivity index (χ1n) is 7.24. The highest BCUT2D eigenvalue weighted by atomic mass is 32.1. The maximum Gasteiger partial charge on any atom is 0.214 e. The number of imidazole rings is 1. The molecule has 0 bridgehead atoms. The molecule has 2 aromatic heterocycles. The first-order chi connectivity index (χ1) is 10.8. The molecule has 5 nitrogen and oxygen atoms in total. The van der Waals surface area contributed by atoms with Crippen LogP contribution in [0.5, 0.6) is 5.75 Å². The van der Waals surface area contributed by atoms with E-state index >= 15 is 0 Å². The monoisotopic (exact) mass is 310 g/mol. The quantitative estimate of drug-likeness (QED) is 0.741. The van der Waals surface area contributed by atoms with Crippen molar-refractivity contribution < 1.29 is 4.74 Å². The predicted molar refractivity (Wildman–Crippen MR) is 84.2 cm³/mol. The molecule has 1 saturated carbocycles. The lowest BCUT2D eigenvalue weighted by Crippen LogP contribution is -2.08. The van der Waals surface area contributed by atoms with Gasteiger partial charge in [0.1, 0.15) is 22.5 Å². The van der Waals surface area contributed by atoms with Crippen LogP contribution in [-0.4, -0.2) is 21.7 Å². The molecule has 0 aliphatic heterocycles. The van der Waals surface area contributed by atoms with E-state index in [1.54, 1.807) is 23.0 Å². The maximum absolute atomic E-state index is 9.56. The van der Waals surface area contributed by atoms with E-state index in [2.05, 4.69) is 16.2 Å². The fourth-order valence-electron chi connectivity index (χ4n) is 2.71. The Balaban J connectivity index is 1.88. The van der Waals surface area contributed by atoms with Crippen LogP contribution in [0.4, 0.5) is 0 Å². The summed E-state index contributed by atoms with van der Waals surface area (Å²) in [6.45, 7) is 0. The average molecular weight is 310 g/mol. The summed E-state index contributed by atoms with van der Waals surface area (Å²) in [5.74, 6) is 1.26. The lowest BCUT2D eigenvalue weighted by atomic mass is 9.86. The smallest absolute Gasteiger partial charge is 0.214 e. The van der Waals surface area contributed by atoms with Crippen molar-refractivity contribution in [3.8, 4) is 23.1 Å². The zero-order chi connectivity index (χ0) is 15.1. The molecule has 1 aliphatic carbocycles. The molecule has 1 fully saturated rings. The van der Waals surface area contributed by atoms with Gasteiger partial charge in [0.25, 0.3) is 0 Å². The molecule has 22 heavy (non-hydrogen) atoms. The molecule has 1 aromatic carbocycles. The molecular weight excluding hydrogens is 296 g/mol. The van der Waals surface area contributed by atoms with E-state index in [1.807, 2.05) is 24.3 Å². The molecule has 3 aromatic rings. The molecule has 110 valence electrons. The molecular formula is C16H14N4OS. The van der Waals surface area contributed by atoms with E-state index in [-0.39, 0.29) is 0 Å². The number of hydrogen-bond acceptors (Lipinski definition) is 5. The molecule has 0 unspecified atom stereocenters. The van der Waals surface area contributed by atoms with E-state index in [0.717, 1.165) is 15.5 Å². The lowest BCUT2D eigenvalue weighted by Gasteiger charge is -2.21. The van der Waals surface area contributed by atoms with Crippen molar-refractivity contribution in [1.29, 1.82) is 5.26 Å². The fourth-order valence-corrected chi connectivity index (χ4v) is 3.78. The maximum atomic E-state index is 9.56. The molecule has 0 atom stereocenters. The van der Waals surface area contributed by atoms with Gasteiger partial charge in [-0.3, -0.25) is 0 Å². The van der Waals surface area contributed by atoms with E-state index < -0.39 is 0 Å². The predicted octanol–water partition coefficient (Wildman–Crippen LogP) is 3.61. The Morgan fingerprint density at radius 1 is 1.36 bits per heavy atom. The minimum Gasteiger partial charge on any atom is -0.496 e. The van der Waals surface area contributed by atoms with Crippen LogP contribution in [0.2, 0.25) is 0 Å². The third-order valence-corrected chi connectivity index (χ3v) is 5.21. The zero-order valence-corrected chi connectivity index (χ0v) is 12.9. The summed E-state index contributed by atoms with van der Waals surface area (Å²) in [6.07, 6.45) is 3.65. The van der Waals surface area contributed by atoms with Gasteiger partial charge in [0.2, 0.25) is 4.96 Å². The standard InChI is InChI=1S/C16H14N4OS/c1-21-13-8-3-2-7-11(13)14-12(9-17)20-16(18-14)22-15(19-20)10-5-4-6-10/h2-3,7-8,10H,4-6H2,1H3. The minimum atomic E-state index is 0.473. The average Bonchev–Trinajstić information content (AvgIpc) is 3.02. The Kier molecular flexibility index (Phi) is 3.09. The number of methoxy groups -OCH3 is 1. The Hall–Kier alpha value is -2.39. The van der Waals surface area contributed by atoms with E-state index in [9.17, 15) is 5.26 Å². The van der Waals surface area contributed by atoms with Crippen LogP contribution in [0.15, 0.2) is 24.3 Å². The molecule has 2 heterocycles. The van der Waals surface area contributed by atoms with Crippen LogP contribution < -0.4 is 4.74 Å². The van der Waals surface area contributed by atoms with Crippen molar-refractivity contribution in [1.82, 2.24) is 14.6 Å². The number of fused-ring (bicyclic) bond motifs is 1. The van der Waals surface area contributed by atoms with Crippen LogP contribution in [0.3, 0.4) is 0 Å². The first-order valence-corrected chi connectivity index (χ1v) is 8.06. The molecule has 0 saturated heterocycles. The van der Waals surface area contributed by atoms with Crippen molar-refractivity contribution in [3.05, 3.63) is 35.0 Å². The van der Waals surface area contributed by atoms with Crippen LogP contribution in [0.25, 0.3) is 16.2 Å². The molecule has 0 radical (unpaired) electrons. The van der Waals surface area contributed by atoms with Crippen molar-refractivity contribution >= 4 is 16.3 Å². The summed E-state index contributed by atoms with van der Waals surface area (Å²) in [4.78, 5) is 5.42. The van der Waals surface area contributed by atoms with Crippen molar-refractivity contribution in [3.63, 3.8) is 0 Å². The number of hydrogen-bond donors (Lipinski definition) is 0. The van der Waals surface area contributed by atoms with Gasteiger partial charge in [-0.15, -0.1) is 0 Å². The highest BCUT2D eigenvalue weighted by molar-refractivity contribution is 7.16. The van der Waals surface area contributed by atoms with Gasteiger partial charge >= 0.3 is 0 Å². The summed E-state index contributed by atoms with van der Waals surface area (Å²) in [7, 11) is 1.62. The summed E-state index contributed by atoms with van der Waals surface area (Å²) in [5, 5.41) is 15.3. The number of aromatic nitrogens is 3. The summed E-state index contributed by atoms with van der Waals surface area (Å²) in [5.41, 5.74) is 1.93. The Morgan fingerprint density at radius 2 is 2.18 bits per heavy atom. The van der Waals surface area contributed by atoms with Gasteiger partial charge in [0.05, 0.1) is 7.11 Å². The van der Waals surface area contributed by atoms with Crippen LogP contribution in [0.1, 0.15) is 35.9 Å². The van der Waals surface area contributed by atoms with Gasteiger partial charge < -0.3 is 4.74 Å². The van der Waals surface area contributed by atoms with E-state index in [0.29, 0.717) is 23.1 Å². The summed E-state index contributed by atoms with van der Waals surface area (Å²) in [6, 6.07) is 9.85. The number of nitrogens with zero attached hydrogens (tertiary/aromatic N) is 4. The minimum absolute atomic E-state index is 0.473. The van der Waals surface area contributed by atoms with Crippen molar-refractivity contribution in [2.75, 3.05) is 7.11 Å². The molecule has 4 rings (SSSR count). The Morgan fingerprint density at radius 3 is 2.86 bits per heavy atom. The van der Waals surface area contributed by atoms with Gasteiger partial charge in [-0.05, 0) is 25.0 Å². The second kappa shape index (κ2) is 5.11. The van der Waals surface area contributed by atoms with Gasteiger partial charge in [0, 0.05) is 11.5 Å². The number of nitriles is 1.